The van der Waals surface area contributed by atoms with Gasteiger partial charge in [-0.25, -0.2) is 4.79 Å². The van der Waals surface area contributed by atoms with Gasteiger partial charge in [0.25, 0.3) is 0 Å². The van der Waals surface area contributed by atoms with E-state index in [1.165, 1.54) is 0 Å². The standard InChI is InChI=1S/C17H27N5O2/c1-13-11-14(20-7-9-24-10-8-20)12-21(13)17(23)19-15-3-2-6-22-16(15)4-5-18-22/h4-5,13-15H,2-3,6-12H2,1H3,(H,19,23). The third-order valence-corrected chi connectivity index (χ3v) is 5.64. The molecule has 2 amide bonds. The first-order chi connectivity index (χ1) is 11.7. The molecule has 3 aliphatic heterocycles. The number of carbonyl (C=O) groups is 1. The lowest BCUT2D eigenvalue weighted by Crippen LogP contribution is -2.47. The number of ether oxygens (including phenoxy) is 1. The zero-order valence-corrected chi connectivity index (χ0v) is 14.4. The fraction of sp³-hybridized carbons (Fsp3) is 0.765. The van der Waals surface area contributed by atoms with Gasteiger partial charge in [0.2, 0.25) is 0 Å². The van der Waals surface area contributed by atoms with E-state index in [1.54, 1.807) is 0 Å². The molecule has 1 N–H and O–H groups in total. The first kappa shape index (κ1) is 15.9. The van der Waals surface area contributed by atoms with Gasteiger partial charge in [-0.3, -0.25) is 9.58 Å². The minimum absolute atomic E-state index is 0.0675. The Kier molecular flexibility index (Phi) is 4.45. The highest BCUT2D eigenvalue weighted by atomic mass is 16.5. The van der Waals surface area contributed by atoms with Crippen LogP contribution in [-0.4, -0.2) is 70.5 Å². The summed E-state index contributed by atoms with van der Waals surface area (Å²) in [6.45, 7) is 7.51. The van der Waals surface area contributed by atoms with Crippen molar-refractivity contribution in [2.24, 2.45) is 0 Å². The zero-order chi connectivity index (χ0) is 16.5. The normalized spacial score (nSPS) is 31.0. The van der Waals surface area contributed by atoms with Gasteiger partial charge in [-0.15, -0.1) is 0 Å². The number of nitrogens with one attached hydrogen (secondary N) is 1. The molecule has 24 heavy (non-hydrogen) atoms. The summed E-state index contributed by atoms with van der Waals surface area (Å²) in [6, 6.07) is 2.92. The van der Waals surface area contributed by atoms with Crippen molar-refractivity contribution in [3.8, 4) is 0 Å². The molecule has 3 atom stereocenters. The summed E-state index contributed by atoms with van der Waals surface area (Å²) < 4.78 is 7.46. The minimum Gasteiger partial charge on any atom is -0.379 e. The number of nitrogens with zero attached hydrogens (tertiary/aromatic N) is 4. The van der Waals surface area contributed by atoms with Crippen LogP contribution in [0.4, 0.5) is 4.79 Å². The van der Waals surface area contributed by atoms with Crippen molar-refractivity contribution in [1.29, 1.82) is 0 Å². The lowest BCUT2D eigenvalue weighted by Gasteiger charge is -2.32. The van der Waals surface area contributed by atoms with Crippen molar-refractivity contribution in [2.75, 3.05) is 32.8 Å². The number of carbonyl (C=O) groups excluding carboxylic acids is 1. The maximum Gasteiger partial charge on any atom is 0.318 e. The molecule has 3 unspecified atom stereocenters. The van der Waals surface area contributed by atoms with E-state index < -0.39 is 0 Å². The van der Waals surface area contributed by atoms with E-state index >= 15 is 0 Å². The minimum atomic E-state index is 0.0675. The maximum absolute atomic E-state index is 12.8. The van der Waals surface area contributed by atoms with Gasteiger partial charge in [0.1, 0.15) is 0 Å². The molecule has 4 heterocycles. The highest BCUT2D eigenvalue weighted by molar-refractivity contribution is 5.75. The molecule has 0 spiro atoms. The summed E-state index contributed by atoms with van der Waals surface area (Å²) in [7, 11) is 0. The van der Waals surface area contributed by atoms with Crippen LogP contribution < -0.4 is 5.32 Å². The summed E-state index contributed by atoms with van der Waals surface area (Å²) in [5.41, 5.74) is 1.13. The molecule has 4 rings (SSSR count). The van der Waals surface area contributed by atoms with Crippen LogP contribution in [0.25, 0.3) is 0 Å². The second-order valence-electron chi connectivity index (χ2n) is 7.16. The average Bonchev–Trinajstić information content (AvgIpc) is 3.23. The monoisotopic (exact) mass is 333 g/mol. The fourth-order valence-electron chi connectivity index (χ4n) is 4.29. The van der Waals surface area contributed by atoms with Crippen LogP contribution in [0.3, 0.4) is 0 Å². The Morgan fingerprint density at radius 3 is 3.00 bits per heavy atom. The van der Waals surface area contributed by atoms with Crippen molar-refractivity contribution in [1.82, 2.24) is 24.9 Å². The van der Waals surface area contributed by atoms with Crippen LogP contribution >= 0.6 is 0 Å². The molecule has 7 nitrogen and oxygen atoms in total. The van der Waals surface area contributed by atoms with Crippen LogP contribution in [0.2, 0.25) is 0 Å². The Labute approximate surface area is 142 Å². The quantitative estimate of drug-likeness (QED) is 0.884. The number of rotatable bonds is 2. The van der Waals surface area contributed by atoms with E-state index in [-0.39, 0.29) is 18.1 Å². The number of fused-ring (bicyclic) bond motifs is 1. The Morgan fingerprint density at radius 1 is 1.33 bits per heavy atom. The van der Waals surface area contributed by atoms with E-state index in [1.807, 2.05) is 21.8 Å². The molecular formula is C17H27N5O2. The van der Waals surface area contributed by atoms with Crippen LogP contribution in [-0.2, 0) is 11.3 Å². The molecule has 2 fully saturated rings. The van der Waals surface area contributed by atoms with Crippen molar-refractivity contribution < 1.29 is 9.53 Å². The van der Waals surface area contributed by atoms with Crippen molar-refractivity contribution in [3.05, 3.63) is 18.0 Å². The second-order valence-corrected chi connectivity index (χ2v) is 7.16. The molecular weight excluding hydrogens is 306 g/mol. The second kappa shape index (κ2) is 6.72. The van der Waals surface area contributed by atoms with Crippen LogP contribution in [0.1, 0.15) is 37.9 Å². The van der Waals surface area contributed by atoms with E-state index in [4.69, 9.17) is 4.74 Å². The van der Waals surface area contributed by atoms with Crippen molar-refractivity contribution >= 4 is 6.03 Å². The summed E-state index contributed by atoms with van der Waals surface area (Å²) in [5.74, 6) is 0. The van der Waals surface area contributed by atoms with Crippen LogP contribution in [0, 0.1) is 0 Å². The van der Waals surface area contributed by atoms with Gasteiger partial charge >= 0.3 is 6.03 Å². The summed E-state index contributed by atoms with van der Waals surface area (Å²) in [6.07, 6.45) is 4.93. The first-order valence-corrected chi connectivity index (χ1v) is 9.13. The third kappa shape index (κ3) is 3.02. The van der Waals surface area contributed by atoms with E-state index in [9.17, 15) is 4.79 Å². The number of aromatic nitrogens is 2. The number of aryl methyl sites for hydroxylation is 1. The Bertz CT molecular complexity index is 583. The molecule has 0 bridgehead atoms. The summed E-state index contributed by atoms with van der Waals surface area (Å²) in [4.78, 5) is 17.3. The predicted molar refractivity (Wildman–Crippen MR) is 89.7 cm³/mol. The first-order valence-electron chi connectivity index (χ1n) is 9.13. The molecule has 0 saturated carbocycles. The molecule has 1 aromatic heterocycles. The van der Waals surface area contributed by atoms with Crippen molar-refractivity contribution in [3.63, 3.8) is 0 Å². The average molecular weight is 333 g/mol. The van der Waals surface area contributed by atoms with Gasteiger partial charge in [0, 0.05) is 44.5 Å². The molecule has 0 radical (unpaired) electrons. The molecule has 1 aromatic rings. The smallest absolute Gasteiger partial charge is 0.318 e. The number of hydrogen-bond donors (Lipinski definition) is 1. The lowest BCUT2D eigenvalue weighted by molar-refractivity contribution is 0.0190. The van der Waals surface area contributed by atoms with Gasteiger partial charge < -0.3 is 15.0 Å². The lowest BCUT2D eigenvalue weighted by atomic mass is 10.0. The Hall–Kier alpha value is -1.60. The Morgan fingerprint density at radius 2 is 2.17 bits per heavy atom. The summed E-state index contributed by atoms with van der Waals surface area (Å²) in [5, 5.41) is 7.57. The van der Waals surface area contributed by atoms with E-state index in [0.717, 1.165) is 64.3 Å². The molecule has 0 aliphatic carbocycles. The van der Waals surface area contributed by atoms with Gasteiger partial charge in [-0.1, -0.05) is 0 Å². The van der Waals surface area contributed by atoms with Crippen molar-refractivity contribution in [2.45, 2.75) is 50.9 Å². The summed E-state index contributed by atoms with van der Waals surface area (Å²) >= 11 is 0. The molecule has 0 aromatic carbocycles. The molecule has 3 aliphatic rings. The number of morpholine rings is 1. The molecule has 2 saturated heterocycles. The maximum atomic E-state index is 12.8. The number of urea groups is 1. The van der Waals surface area contributed by atoms with Crippen LogP contribution in [0.5, 0.6) is 0 Å². The Balaban J connectivity index is 1.38. The molecule has 7 heteroatoms. The predicted octanol–water partition coefficient (Wildman–Crippen LogP) is 1.22. The highest BCUT2D eigenvalue weighted by Gasteiger charge is 2.37. The van der Waals surface area contributed by atoms with Gasteiger partial charge in [-0.05, 0) is 32.3 Å². The van der Waals surface area contributed by atoms with Crippen LogP contribution in [0.15, 0.2) is 12.3 Å². The third-order valence-electron chi connectivity index (χ3n) is 5.64. The van der Waals surface area contributed by atoms with Gasteiger partial charge in [0.05, 0.1) is 24.9 Å². The van der Waals surface area contributed by atoms with E-state index in [0.29, 0.717) is 6.04 Å². The highest BCUT2D eigenvalue weighted by Crippen LogP contribution is 2.27. The van der Waals surface area contributed by atoms with Gasteiger partial charge in [-0.2, -0.15) is 5.10 Å². The van der Waals surface area contributed by atoms with E-state index in [2.05, 4.69) is 22.2 Å². The number of hydrogen-bond acceptors (Lipinski definition) is 4. The largest absolute Gasteiger partial charge is 0.379 e. The number of likely N-dealkylation sites (tertiary alicyclic amines) is 1. The molecule has 132 valence electrons. The zero-order valence-electron chi connectivity index (χ0n) is 14.4. The van der Waals surface area contributed by atoms with Gasteiger partial charge in [0.15, 0.2) is 0 Å². The SMILES string of the molecule is CC1CC(N2CCOCC2)CN1C(=O)NC1CCCn2nccc21. The topological polar surface area (TPSA) is 62.6 Å². The number of amides is 2. The fourth-order valence-corrected chi connectivity index (χ4v) is 4.29.